The van der Waals surface area contributed by atoms with Crippen LogP contribution in [0.15, 0.2) is 48.5 Å². The van der Waals surface area contributed by atoms with Crippen molar-refractivity contribution in [3.8, 4) is 16.9 Å². The summed E-state index contributed by atoms with van der Waals surface area (Å²) in [6.45, 7) is 7.42. The van der Waals surface area contributed by atoms with Gasteiger partial charge in [-0.3, -0.25) is 4.79 Å². The fourth-order valence-electron chi connectivity index (χ4n) is 3.48. The molecule has 1 saturated heterocycles. The molecule has 0 aromatic heterocycles. The molecule has 0 spiro atoms. The molecule has 1 fully saturated rings. The summed E-state index contributed by atoms with van der Waals surface area (Å²) in [6, 6.07) is 16.0. The number of benzene rings is 2. The summed E-state index contributed by atoms with van der Waals surface area (Å²) < 4.78 is 5.84. The van der Waals surface area contributed by atoms with Gasteiger partial charge in [-0.25, -0.2) is 0 Å². The summed E-state index contributed by atoms with van der Waals surface area (Å²) >= 11 is 0. The standard InChI is InChI=1S/C24H32N2O3/c1-18(2)25(3)24(28)21-7-5-19(6-8-21)20-9-11-23(12-10-20)29-16-4-14-26-15-13-22(27)17-26/h5-12,18,22,27H,4,13-17H2,1-3H3/t22-/m0/s1. The van der Waals surface area contributed by atoms with Crippen LogP contribution in [0.25, 0.3) is 11.1 Å². The minimum absolute atomic E-state index is 0.0405. The van der Waals surface area contributed by atoms with Gasteiger partial charge in [-0.1, -0.05) is 24.3 Å². The van der Waals surface area contributed by atoms with Crippen molar-refractivity contribution in [1.29, 1.82) is 0 Å². The summed E-state index contributed by atoms with van der Waals surface area (Å²) in [5.41, 5.74) is 2.88. The molecule has 2 aromatic carbocycles. The highest BCUT2D eigenvalue weighted by Crippen LogP contribution is 2.23. The van der Waals surface area contributed by atoms with Crippen LogP contribution in [0.3, 0.4) is 0 Å². The topological polar surface area (TPSA) is 53.0 Å². The summed E-state index contributed by atoms with van der Waals surface area (Å²) in [7, 11) is 1.83. The Hall–Kier alpha value is -2.37. The Balaban J connectivity index is 1.50. The van der Waals surface area contributed by atoms with Gasteiger partial charge in [0.2, 0.25) is 0 Å². The lowest BCUT2D eigenvalue weighted by atomic mass is 10.0. The van der Waals surface area contributed by atoms with Crippen molar-refractivity contribution >= 4 is 5.91 Å². The predicted molar refractivity (Wildman–Crippen MR) is 116 cm³/mol. The second-order valence-electron chi connectivity index (χ2n) is 8.06. The van der Waals surface area contributed by atoms with E-state index in [1.54, 1.807) is 4.90 Å². The quantitative estimate of drug-likeness (QED) is 0.692. The Bertz CT molecular complexity index is 787. The number of aliphatic hydroxyl groups excluding tert-OH is 1. The first-order valence-electron chi connectivity index (χ1n) is 10.4. The Morgan fingerprint density at radius 1 is 1.14 bits per heavy atom. The van der Waals surface area contributed by atoms with E-state index in [1.165, 1.54) is 0 Å². The molecule has 0 bridgehead atoms. The Morgan fingerprint density at radius 3 is 2.31 bits per heavy atom. The summed E-state index contributed by atoms with van der Waals surface area (Å²) in [6.07, 6.45) is 1.67. The first kappa shape index (κ1) is 21.3. The van der Waals surface area contributed by atoms with Crippen LogP contribution in [0.4, 0.5) is 0 Å². The van der Waals surface area contributed by atoms with Crippen LogP contribution in [0.1, 0.15) is 37.0 Å². The van der Waals surface area contributed by atoms with Gasteiger partial charge in [-0.15, -0.1) is 0 Å². The molecule has 1 atom stereocenters. The van der Waals surface area contributed by atoms with Gasteiger partial charge >= 0.3 is 0 Å². The number of amides is 1. The van der Waals surface area contributed by atoms with E-state index in [4.69, 9.17) is 4.74 Å². The Labute approximate surface area is 173 Å². The largest absolute Gasteiger partial charge is 0.494 e. The fraction of sp³-hybridized carbons (Fsp3) is 0.458. The second-order valence-corrected chi connectivity index (χ2v) is 8.06. The van der Waals surface area contributed by atoms with Crippen molar-refractivity contribution in [1.82, 2.24) is 9.80 Å². The Morgan fingerprint density at radius 2 is 1.76 bits per heavy atom. The van der Waals surface area contributed by atoms with Crippen LogP contribution >= 0.6 is 0 Å². The maximum Gasteiger partial charge on any atom is 0.253 e. The van der Waals surface area contributed by atoms with Gasteiger partial charge in [-0.05, 0) is 62.1 Å². The molecule has 5 nitrogen and oxygen atoms in total. The van der Waals surface area contributed by atoms with Crippen molar-refractivity contribution in [2.24, 2.45) is 0 Å². The third-order valence-corrected chi connectivity index (χ3v) is 5.55. The average Bonchev–Trinajstić information content (AvgIpc) is 3.15. The molecule has 1 aliphatic rings. The van der Waals surface area contributed by atoms with Crippen molar-refractivity contribution < 1.29 is 14.6 Å². The van der Waals surface area contributed by atoms with Gasteiger partial charge in [0.15, 0.2) is 0 Å². The van der Waals surface area contributed by atoms with E-state index >= 15 is 0 Å². The van der Waals surface area contributed by atoms with Gasteiger partial charge < -0.3 is 19.6 Å². The van der Waals surface area contributed by atoms with E-state index in [1.807, 2.05) is 69.4 Å². The lowest BCUT2D eigenvalue weighted by molar-refractivity contribution is 0.0755. The molecule has 156 valence electrons. The number of ether oxygens (including phenoxy) is 1. The van der Waals surface area contributed by atoms with Gasteiger partial charge in [0.05, 0.1) is 12.7 Å². The average molecular weight is 397 g/mol. The molecule has 0 unspecified atom stereocenters. The number of aliphatic hydroxyl groups is 1. The first-order chi connectivity index (χ1) is 13.9. The van der Waals surface area contributed by atoms with Gasteiger partial charge in [0.25, 0.3) is 5.91 Å². The van der Waals surface area contributed by atoms with Crippen molar-refractivity contribution in [2.75, 3.05) is 33.3 Å². The molecule has 1 amide bonds. The monoisotopic (exact) mass is 396 g/mol. The third-order valence-electron chi connectivity index (χ3n) is 5.55. The van der Waals surface area contributed by atoms with Crippen LogP contribution in [0.2, 0.25) is 0 Å². The molecule has 0 saturated carbocycles. The first-order valence-corrected chi connectivity index (χ1v) is 10.4. The third kappa shape index (κ3) is 5.81. The van der Waals surface area contributed by atoms with E-state index in [0.717, 1.165) is 49.4 Å². The molecule has 1 heterocycles. The maximum absolute atomic E-state index is 12.4. The number of carbonyl (C=O) groups is 1. The number of nitrogens with zero attached hydrogens (tertiary/aromatic N) is 2. The molecule has 0 aliphatic carbocycles. The van der Waals surface area contributed by atoms with E-state index in [0.29, 0.717) is 12.2 Å². The van der Waals surface area contributed by atoms with E-state index < -0.39 is 0 Å². The van der Waals surface area contributed by atoms with E-state index in [-0.39, 0.29) is 18.1 Å². The van der Waals surface area contributed by atoms with Crippen molar-refractivity contribution in [3.05, 3.63) is 54.1 Å². The van der Waals surface area contributed by atoms with Crippen molar-refractivity contribution in [2.45, 2.75) is 38.8 Å². The van der Waals surface area contributed by atoms with Crippen molar-refractivity contribution in [3.63, 3.8) is 0 Å². The highest BCUT2D eigenvalue weighted by atomic mass is 16.5. The molecule has 0 radical (unpaired) electrons. The zero-order valence-electron chi connectivity index (χ0n) is 17.7. The molecule has 2 aromatic rings. The van der Waals surface area contributed by atoms with Crippen LogP contribution < -0.4 is 4.74 Å². The van der Waals surface area contributed by atoms with Gasteiger partial charge in [0, 0.05) is 38.3 Å². The molecule has 1 aliphatic heterocycles. The minimum atomic E-state index is -0.160. The highest BCUT2D eigenvalue weighted by molar-refractivity contribution is 5.94. The predicted octanol–water partition coefficient (Wildman–Crippen LogP) is 3.67. The van der Waals surface area contributed by atoms with Crippen LogP contribution in [-0.4, -0.2) is 66.2 Å². The van der Waals surface area contributed by atoms with E-state index in [9.17, 15) is 9.90 Å². The smallest absolute Gasteiger partial charge is 0.253 e. The van der Waals surface area contributed by atoms with Crippen LogP contribution in [-0.2, 0) is 0 Å². The van der Waals surface area contributed by atoms with Crippen LogP contribution in [0, 0.1) is 0 Å². The highest BCUT2D eigenvalue weighted by Gasteiger charge is 2.19. The number of rotatable bonds is 8. The zero-order chi connectivity index (χ0) is 20.8. The molecular formula is C24H32N2O3. The minimum Gasteiger partial charge on any atom is -0.494 e. The SMILES string of the molecule is CC(C)N(C)C(=O)c1ccc(-c2ccc(OCCCN3CC[C@H](O)C3)cc2)cc1. The number of β-amino-alcohol motifs (C(OH)–C–C–N with tert-alkyl or cyclic N) is 1. The lowest BCUT2D eigenvalue weighted by Crippen LogP contribution is -2.32. The number of hydrogen-bond donors (Lipinski definition) is 1. The summed E-state index contributed by atoms with van der Waals surface area (Å²) in [5.74, 6) is 0.902. The lowest BCUT2D eigenvalue weighted by Gasteiger charge is -2.21. The summed E-state index contributed by atoms with van der Waals surface area (Å²) in [5, 5.41) is 9.55. The Kier molecular flexibility index (Phi) is 7.29. The maximum atomic E-state index is 12.4. The second kappa shape index (κ2) is 9.90. The number of carbonyl (C=O) groups excluding carboxylic acids is 1. The molecular weight excluding hydrogens is 364 g/mol. The normalized spacial score (nSPS) is 16.9. The molecule has 3 rings (SSSR count). The molecule has 29 heavy (non-hydrogen) atoms. The summed E-state index contributed by atoms with van der Waals surface area (Å²) in [4.78, 5) is 16.4. The van der Waals surface area contributed by atoms with Gasteiger partial charge in [0.1, 0.15) is 5.75 Å². The number of hydrogen-bond acceptors (Lipinski definition) is 4. The van der Waals surface area contributed by atoms with Gasteiger partial charge in [-0.2, -0.15) is 0 Å². The molecule has 5 heteroatoms. The van der Waals surface area contributed by atoms with Crippen LogP contribution in [0.5, 0.6) is 5.75 Å². The zero-order valence-corrected chi connectivity index (χ0v) is 17.7. The fourth-order valence-corrected chi connectivity index (χ4v) is 3.48. The van der Waals surface area contributed by atoms with E-state index in [2.05, 4.69) is 4.90 Å². The number of likely N-dealkylation sites (tertiary alicyclic amines) is 1. The molecule has 1 N–H and O–H groups in total.